The second-order valence-corrected chi connectivity index (χ2v) is 7.15. The molecule has 1 N–H and O–H groups in total. The van der Waals surface area contributed by atoms with Crippen LogP contribution in [0, 0.1) is 0 Å². The molecule has 2 atom stereocenters. The summed E-state index contributed by atoms with van der Waals surface area (Å²) in [5, 5.41) is 3.69. The van der Waals surface area contributed by atoms with Crippen LogP contribution in [-0.4, -0.2) is 52.6 Å². The molecule has 3 fully saturated rings. The number of hydrogen-bond acceptors (Lipinski definition) is 5. The Hall–Kier alpha value is -1.82. The van der Waals surface area contributed by atoms with Crippen LogP contribution >= 0.6 is 0 Å². The van der Waals surface area contributed by atoms with Crippen LogP contribution < -0.4 is 15.1 Å². The fourth-order valence-corrected chi connectivity index (χ4v) is 4.44. The van der Waals surface area contributed by atoms with Gasteiger partial charge in [0.05, 0.1) is 6.20 Å². The predicted molar refractivity (Wildman–Crippen MR) is 91.2 cm³/mol. The van der Waals surface area contributed by atoms with Gasteiger partial charge in [0.25, 0.3) is 0 Å². The third-order valence-corrected chi connectivity index (χ3v) is 5.57. The van der Waals surface area contributed by atoms with Crippen molar-refractivity contribution < 1.29 is 0 Å². The maximum Gasteiger partial charge on any atom is 0.210 e. The van der Waals surface area contributed by atoms with Gasteiger partial charge in [-0.3, -0.25) is 4.40 Å². The summed E-state index contributed by atoms with van der Waals surface area (Å²) in [7, 11) is 0. The normalized spacial score (nSPS) is 27.8. The van der Waals surface area contributed by atoms with Crippen molar-refractivity contribution in [1.29, 1.82) is 0 Å². The molecule has 3 aliphatic heterocycles. The lowest BCUT2D eigenvalue weighted by Crippen LogP contribution is -2.51. The van der Waals surface area contributed by atoms with E-state index in [0.717, 1.165) is 43.5 Å². The first kappa shape index (κ1) is 13.6. The van der Waals surface area contributed by atoms with Crippen LogP contribution in [0.5, 0.6) is 0 Å². The Kier molecular flexibility index (Phi) is 3.18. The second kappa shape index (κ2) is 5.37. The fraction of sp³-hybridized carbons (Fsp3) is 0.647. The zero-order valence-corrected chi connectivity index (χ0v) is 13.5. The van der Waals surface area contributed by atoms with Crippen molar-refractivity contribution in [2.24, 2.45) is 0 Å². The second-order valence-electron chi connectivity index (χ2n) is 7.15. The molecule has 0 saturated carbocycles. The molecule has 2 unspecified atom stereocenters. The summed E-state index contributed by atoms with van der Waals surface area (Å²) >= 11 is 0. The van der Waals surface area contributed by atoms with E-state index in [-0.39, 0.29) is 0 Å². The molecule has 3 saturated heterocycles. The molecule has 2 bridgehead atoms. The first-order valence-electron chi connectivity index (χ1n) is 8.96. The van der Waals surface area contributed by atoms with Crippen molar-refractivity contribution in [3.8, 4) is 0 Å². The van der Waals surface area contributed by atoms with Crippen molar-refractivity contribution >= 4 is 17.3 Å². The van der Waals surface area contributed by atoms with E-state index < -0.39 is 0 Å². The number of nitrogens with zero attached hydrogens (tertiary/aromatic N) is 5. The summed E-state index contributed by atoms with van der Waals surface area (Å²) in [6.07, 6.45) is 12.5. The van der Waals surface area contributed by atoms with Crippen LogP contribution in [0.25, 0.3) is 5.52 Å². The summed E-state index contributed by atoms with van der Waals surface area (Å²) in [4.78, 5) is 14.3. The van der Waals surface area contributed by atoms with Crippen LogP contribution in [-0.2, 0) is 0 Å². The number of rotatable bonds is 2. The number of aromatic nitrogens is 3. The minimum Gasteiger partial charge on any atom is -0.352 e. The van der Waals surface area contributed by atoms with Crippen molar-refractivity contribution in [3.63, 3.8) is 0 Å². The number of anilines is 2. The smallest absolute Gasteiger partial charge is 0.210 e. The number of piperazine rings is 1. The van der Waals surface area contributed by atoms with Crippen molar-refractivity contribution in [3.05, 3.63) is 18.6 Å². The average molecular weight is 312 g/mol. The molecule has 5 heterocycles. The highest BCUT2D eigenvalue weighted by Crippen LogP contribution is 2.29. The topological polar surface area (TPSA) is 48.7 Å². The number of hydrogen-bond donors (Lipinski definition) is 1. The molecule has 23 heavy (non-hydrogen) atoms. The van der Waals surface area contributed by atoms with Gasteiger partial charge in [0.1, 0.15) is 5.52 Å². The lowest BCUT2D eigenvalue weighted by atomic mass is 10.1. The van der Waals surface area contributed by atoms with Crippen LogP contribution in [0.4, 0.5) is 11.8 Å². The third-order valence-electron chi connectivity index (χ3n) is 5.57. The molecule has 6 heteroatoms. The van der Waals surface area contributed by atoms with E-state index in [2.05, 4.69) is 25.7 Å². The van der Waals surface area contributed by atoms with E-state index in [1.165, 1.54) is 32.1 Å². The van der Waals surface area contributed by atoms with Crippen LogP contribution in [0.2, 0.25) is 0 Å². The molecule has 2 aromatic rings. The number of nitrogens with one attached hydrogen (secondary N) is 1. The molecular weight excluding hydrogens is 288 g/mol. The summed E-state index contributed by atoms with van der Waals surface area (Å²) in [5.74, 6) is 2.18. The maximum atomic E-state index is 4.73. The highest BCUT2D eigenvalue weighted by molar-refractivity contribution is 5.71. The average Bonchev–Trinajstić information content (AvgIpc) is 3.18. The van der Waals surface area contributed by atoms with Gasteiger partial charge in [-0.15, -0.1) is 0 Å². The highest BCUT2D eigenvalue weighted by Gasteiger charge is 2.33. The molecular formula is C17H24N6. The summed E-state index contributed by atoms with van der Waals surface area (Å²) in [5.41, 5.74) is 1.15. The Morgan fingerprint density at radius 2 is 1.74 bits per heavy atom. The maximum absolute atomic E-state index is 4.73. The lowest BCUT2D eigenvalue weighted by Gasteiger charge is -2.34. The van der Waals surface area contributed by atoms with E-state index >= 15 is 0 Å². The van der Waals surface area contributed by atoms with Gasteiger partial charge >= 0.3 is 0 Å². The van der Waals surface area contributed by atoms with Gasteiger partial charge in [0, 0.05) is 50.7 Å². The van der Waals surface area contributed by atoms with Gasteiger partial charge in [0.2, 0.25) is 5.95 Å². The first-order valence-corrected chi connectivity index (χ1v) is 8.96. The predicted octanol–water partition coefficient (Wildman–Crippen LogP) is 1.66. The molecule has 0 radical (unpaired) electrons. The van der Waals surface area contributed by atoms with Gasteiger partial charge < -0.3 is 15.1 Å². The van der Waals surface area contributed by atoms with Gasteiger partial charge in [-0.25, -0.2) is 9.97 Å². The molecule has 122 valence electrons. The Bertz CT molecular complexity index is 692. The van der Waals surface area contributed by atoms with Crippen LogP contribution in [0.15, 0.2) is 18.6 Å². The zero-order chi connectivity index (χ0) is 15.2. The lowest BCUT2D eigenvalue weighted by molar-refractivity contribution is 0.464. The largest absolute Gasteiger partial charge is 0.352 e. The van der Waals surface area contributed by atoms with E-state index in [4.69, 9.17) is 9.97 Å². The quantitative estimate of drug-likeness (QED) is 0.914. The van der Waals surface area contributed by atoms with E-state index in [0.29, 0.717) is 12.1 Å². The summed E-state index contributed by atoms with van der Waals surface area (Å²) < 4.78 is 2.23. The van der Waals surface area contributed by atoms with Crippen LogP contribution in [0.1, 0.15) is 32.1 Å². The molecule has 3 aliphatic rings. The Labute approximate surface area is 136 Å². The molecule has 0 aliphatic carbocycles. The monoisotopic (exact) mass is 312 g/mol. The first-order chi connectivity index (χ1) is 11.4. The standard InChI is InChI=1S/C17H24N6/c1-2-7-21(8-3-1)17-19-10-15-16(18-6-9-23(15)17)22-11-13-4-5-14(12-22)20-13/h6,9-10,13-14,20H,1-5,7-8,11-12H2. The van der Waals surface area contributed by atoms with Crippen molar-refractivity contribution in [2.45, 2.75) is 44.2 Å². The summed E-state index contributed by atoms with van der Waals surface area (Å²) in [6.45, 7) is 4.36. The molecule has 0 spiro atoms. The van der Waals surface area contributed by atoms with Gasteiger partial charge in [-0.1, -0.05) is 0 Å². The number of imidazole rings is 1. The van der Waals surface area contributed by atoms with E-state index in [1.807, 2.05) is 12.4 Å². The molecule has 5 rings (SSSR count). The van der Waals surface area contributed by atoms with Crippen molar-refractivity contribution in [1.82, 2.24) is 19.7 Å². The highest BCUT2D eigenvalue weighted by atomic mass is 15.3. The number of fused-ring (bicyclic) bond motifs is 3. The van der Waals surface area contributed by atoms with E-state index in [1.54, 1.807) is 0 Å². The Morgan fingerprint density at radius 3 is 2.52 bits per heavy atom. The Morgan fingerprint density at radius 1 is 0.957 bits per heavy atom. The Balaban J connectivity index is 1.51. The zero-order valence-electron chi connectivity index (χ0n) is 13.5. The SMILES string of the molecule is c1cn2c(N3CCCCC3)ncc2c(N2CC3CCC(C2)N3)n1. The van der Waals surface area contributed by atoms with Gasteiger partial charge in [-0.05, 0) is 32.1 Å². The van der Waals surface area contributed by atoms with Crippen LogP contribution in [0.3, 0.4) is 0 Å². The summed E-state index contributed by atoms with van der Waals surface area (Å²) in [6, 6.07) is 1.25. The van der Waals surface area contributed by atoms with Gasteiger partial charge in [0.15, 0.2) is 5.82 Å². The molecule has 6 nitrogen and oxygen atoms in total. The molecule has 0 aromatic carbocycles. The fourth-order valence-electron chi connectivity index (χ4n) is 4.44. The van der Waals surface area contributed by atoms with E-state index in [9.17, 15) is 0 Å². The molecule has 0 amide bonds. The number of piperidine rings is 1. The van der Waals surface area contributed by atoms with Crippen molar-refractivity contribution in [2.75, 3.05) is 36.0 Å². The minimum atomic E-state index is 0.625. The molecule has 2 aromatic heterocycles. The van der Waals surface area contributed by atoms with Gasteiger partial charge in [-0.2, -0.15) is 0 Å². The third kappa shape index (κ3) is 2.27. The minimum absolute atomic E-state index is 0.625.